The first kappa shape index (κ1) is 18.4. The fourth-order valence-electron chi connectivity index (χ4n) is 1.53. The van der Waals surface area contributed by atoms with Gasteiger partial charge in [-0.25, -0.2) is 0 Å². The molecule has 0 aliphatic heterocycles. The predicted molar refractivity (Wildman–Crippen MR) is 81.7 cm³/mol. The smallest absolute Gasteiger partial charge is 0.241 e. The highest BCUT2D eigenvalue weighted by molar-refractivity contribution is 5.88. The minimum absolute atomic E-state index is 0. The van der Waals surface area contributed by atoms with Gasteiger partial charge < -0.3 is 16.4 Å². The van der Waals surface area contributed by atoms with Crippen LogP contribution in [0.4, 0.5) is 0 Å². The number of carbonyl (C=O) groups excluding carboxylic acids is 2. The second kappa shape index (κ2) is 9.34. The van der Waals surface area contributed by atoms with Crippen molar-refractivity contribution in [3.63, 3.8) is 0 Å². The van der Waals surface area contributed by atoms with E-state index in [0.29, 0.717) is 6.54 Å². The Morgan fingerprint density at radius 3 is 2.35 bits per heavy atom. The monoisotopic (exact) mass is 299 g/mol. The van der Waals surface area contributed by atoms with E-state index in [0.717, 1.165) is 17.5 Å². The number of amides is 2. The van der Waals surface area contributed by atoms with E-state index in [-0.39, 0.29) is 30.8 Å². The summed E-state index contributed by atoms with van der Waals surface area (Å²) in [5.41, 5.74) is 7.67. The molecule has 5 nitrogen and oxygen atoms in total. The van der Waals surface area contributed by atoms with Gasteiger partial charge in [0.25, 0.3) is 0 Å². The van der Waals surface area contributed by atoms with E-state index >= 15 is 0 Å². The predicted octanol–water partition coefficient (Wildman–Crippen LogP) is 1.06. The Labute approximate surface area is 125 Å². The number of carbonyl (C=O) groups is 2. The zero-order valence-corrected chi connectivity index (χ0v) is 12.6. The first-order valence-corrected chi connectivity index (χ1v) is 6.41. The van der Waals surface area contributed by atoms with Crippen molar-refractivity contribution in [3.8, 4) is 0 Å². The Bertz CT molecular complexity index is 435. The maximum atomic E-state index is 11.8. The van der Waals surface area contributed by atoms with Gasteiger partial charge in [0.15, 0.2) is 0 Å². The van der Waals surface area contributed by atoms with Gasteiger partial charge in [0.05, 0.1) is 6.54 Å². The van der Waals surface area contributed by atoms with Gasteiger partial charge in [0.2, 0.25) is 11.8 Å². The van der Waals surface area contributed by atoms with Gasteiger partial charge in [-0.2, -0.15) is 0 Å². The minimum atomic E-state index is -0.750. The number of nitrogens with two attached hydrogens (primary N) is 1. The molecule has 0 spiro atoms. The van der Waals surface area contributed by atoms with Crippen LogP contribution >= 0.6 is 12.4 Å². The fraction of sp³-hybridized carbons (Fsp3) is 0.429. The van der Waals surface area contributed by atoms with Crippen LogP contribution in [-0.4, -0.2) is 24.9 Å². The zero-order chi connectivity index (χ0) is 14.3. The molecule has 112 valence electrons. The first-order chi connectivity index (χ1) is 9.04. The molecule has 4 N–H and O–H groups in total. The lowest BCUT2D eigenvalue weighted by atomic mass is 10.1. The van der Waals surface area contributed by atoms with Crippen LogP contribution in [0.25, 0.3) is 0 Å². The highest BCUT2D eigenvalue weighted by Crippen LogP contribution is 2.11. The number of aryl methyl sites for hydroxylation is 1. The van der Waals surface area contributed by atoms with Crippen molar-refractivity contribution in [2.75, 3.05) is 13.1 Å². The van der Waals surface area contributed by atoms with Crippen LogP contribution in [0.1, 0.15) is 30.5 Å². The van der Waals surface area contributed by atoms with E-state index in [1.807, 2.05) is 38.1 Å². The summed E-state index contributed by atoms with van der Waals surface area (Å²) in [5.74, 6) is -0.554. The fourth-order valence-corrected chi connectivity index (χ4v) is 1.53. The average molecular weight is 300 g/mol. The van der Waals surface area contributed by atoms with E-state index in [1.165, 1.54) is 0 Å². The topological polar surface area (TPSA) is 84.2 Å². The summed E-state index contributed by atoms with van der Waals surface area (Å²) in [6, 6.07) is 6.68. The highest BCUT2D eigenvalue weighted by atomic mass is 35.5. The van der Waals surface area contributed by atoms with Gasteiger partial charge in [0.1, 0.15) is 6.04 Å². The molecule has 1 aromatic rings. The molecule has 0 saturated heterocycles. The van der Waals surface area contributed by atoms with Gasteiger partial charge in [-0.3, -0.25) is 9.59 Å². The zero-order valence-electron chi connectivity index (χ0n) is 11.8. The Morgan fingerprint density at radius 1 is 1.20 bits per heavy atom. The molecule has 20 heavy (non-hydrogen) atoms. The molecule has 0 heterocycles. The van der Waals surface area contributed by atoms with Crippen LogP contribution in [0.15, 0.2) is 24.3 Å². The highest BCUT2D eigenvalue weighted by Gasteiger charge is 2.15. The van der Waals surface area contributed by atoms with Crippen LogP contribution in [0, 0.1) is 6.92 Å². The molecule has 0 radical (unpaired) electrons. The van der Waals surface area contributed by atoms with E-state index < -0.39 is 6.04 Å². The lowest BCUT2D eigenvalue weighted by molar-refractivity contribution is -0.126. The summed E-state index contributed by atoms with van der Waals surface area (Å²) in [7, 11) is 0. The Hall–Kier alpha value is -1.59. The van der Waals surface area contributed by atoms with E-state index in [9.17, 15) is 9.59 Å². The molecule has 0 fully saturated rings. The Kier molecular flexibility index (Phi) is 8.59. The number of nitrogens with one attached hydrogen (secondary N) is 2. The molecule has 0 saturated carbocycles. The van der Waals surface area contributed by atoms with Crippen LogP contribution in [0.5, 0.6) is 0 Å². The lowest BCUT2D eigenvalue weighted by Gasteiger charge is -2.12. The molecule has 1 atom stereocenters. The molecule has 1 unspecified atom stereocenters. The molecular weight excluding hydrogens is 278 g/mol. The molecule has 2 amide bonds. The third-order valence-corrected chi connectivity index (χ3v) is 2.71. The van der Waals surface area contributed by atoms with E-state index in [1.54, 1.807) is 0 Å². The third-order valence-electron chi connectivity index (χ3n) is 2.71. The minimum Gasteiger partial charge on any atom is -0.355 e. The lowest BCUT2D eigenvalue weighted by Crippen LogP contribution is -2.41. The molecule has 1 aromatic carbocycles. The normalized spacial score (nSPS) is 11.2. The van der Waals surface area contributed by atoms with Crippen LogP contribution in [0.2, 0.25) is 0 Å². The third kappa shape index (κ3) is 6.04. The van der Waals surface area contributed by atoms with Crippen LogP contribution < -0.4 is 16.4 Å². The van der Waals surface area contributed by atoms with Gasteiger partial charge >= 0.3 is 0 Å². The molecule has 0 aromatic heterocycles. The summed E-state index contributed by atoms with van der Waals surface area (Å²) in [4.78, 5) is 23.1. The maximum Gasteiger partial charge on any atom is 0.241 e. The SMILES string of the molecule is CCCNC(=O)CNC(=O)C(N)c1ccc(C)cc1.Cl. The van der Waals surface area contributed by atoms with Crippen LogP contribution in [-0.2, 0) is 9.59 Å². The quantitative estimate of drug-likeness (QED) is 0.734. The summed E-state index contributed by atoms with van der Waals surface area (Å²) in [6.07, 6.45) is 0.864. The van der Waals surface area contributed by atoms with Gasteiger partial charge in [-0.1, -0.05) is 36.8 Å². The first-order valence-electron chi connectivity index (χ1n) is 6.41. The van der Waals surface area contributed by atoms with Crippen molar-refractivity contribution >= 4 is 24.2 Å². The van der Waals surface area contributed by atoms with Gasteiger partial charge in [-0.15, -0.1) is 12.4 Å². The number of benzene rings is 1. The van der Waals surface area contributed by atoms with Crippen molar-refractivity contribution < 1.29 is 9.59 Å². The van der Waals surface area contributed by atoms with Crippen molar-refractivity contribution in [2.24, 2.45) is 5.73 Å². The molecule has 0 aliphatic rings. The Morgan fingerprint density at radius 2 is 1.80 bits per heavy atom. The number of rotatable bonds is 6. The van der Waals surface area contributed by atoms with E-state index in [2.05, 4.69) is 10.6 Å². The van der Waals surface area contributed by atoms with Gasteiger partial charge in [-0.05, 0) is 18.9 Å². The second-order valence-electron chi connectivity index (χ2n) is 4.46. The van der Waals surface area contributed by atoms with Crippen molar-refractivity contribution in [2.45, 2.75) is 26.3 Å². The largest absolute Gasteiger partial charge is 0.355 e. The molecule has 0 bridgehead atoms. The van der Waals surface area contributed by atoms with Crippen molar-refractivity contribution in [1.29, 1.82) is 0 Å². The van der Waals surface area contributed by atoms with Crippen molar-refractivity contribution in [1.82, 2.24) is 10.6 Å². The van der Waals surface area contributed by atoms with Crippen molar-refractivity contribution in [3.05, 3.63) is 35.4 Å². The number of halogens is 1. The average Bonchev–Trinajstić information content (AvgIpc) is 2.42. The standard InChI is InChI=1S/C14H21N3O2.ClH/c1-3-8-16-12(18)9-17-14(19)13(15)11-6-4-10(2)5-7-11;/h4-7,13H,3,8-9,15H2,1-2H3,(H,16,18)(H,17,19);1H. The summed E-state index contributed by atoms with van der Waals surface area (Å²) < 4.78 is 0. The van der Waals surface area contributed by atoms with Crippen LogP contribution in [0.3, 0.4) is 0 Å². The van der Waals surface area contributed by atoms with Gasteiger partial charge in [0, 0.05) is 6.54 Å². The molecule has 0 aliphatic carbocycles. The number of hydrogen-bond donors (Lipinski definition) is 3. The molecule has 1 rings (SSSR count). The number of hydrogen-bond acceptors (Lipinski definition) is 3. The second-order valence-corrected chi connectivity index (χ2v) is 4.46. The maximum absolute atomic E-state index is 11.8. The molecular formula is C14H22ClN3O2. The summed E-state index contributed by atoms with van der Waals surface area (Å²) in [5, 5.41) is 5.21. The summed E-state index contributed by atoms with van der Waals surface area (Å²) >= 11 is 0. The Balaban J connectivity index is 0.00000361. The summed E-state index contributed by atoms with van der Waals surface area (Å²) in [6.45, 7) is 4.50. The molecule has 6 heteroatoms. The van der Waals surface area contributed by atoms with E-state index in [4.69, 9.17) is 5.73 Å².